The fourth-order valence-electron chi connectivity index (χ4n) is 2.25. The van der Waals surface area contributed by atoms with Gasteiger partial charge < -0.3 is 9.47 Å². The molecular weight excluding hydrogens is 288 g/mol. The Kier molecular flexibility index (Phi) is 4.05. The standard InChI is InChI=1S/C16H16O4S/c17-21(18,15-4-2-1-3-5-15)12-13-6-8-14(9-7-13)16-19-10-11-20-16/h1-9,16H,10-12H2. The highest BCUT2D eigenvalue weighted by molar-refractivity contribution is 7.90. The van der Waals surface area contributed by atoms with Gasteiger partial charge in [-0.3, -0.25) is 0 Å². The van der Waals surface area contributed by atoms with Crippen molar-refractivity contribution >= 4 is 9.84 Å². The molecule has 0 aliphatic carbocycles. The molecule has 0 amide bonds. The third-order valence-corrected chi connectivity index (χ3v) is 5.04. The molecule has 1 heterocycles. The largest absolute Gasteiger partial charge is 0.346 e. The predicted octanol–water partition coefficient (Wildman–Crippen LogP) is 2.71. The maximum absolute atomic E-state index is 12.3. The Bertz CT molecular complexity index is 687. The minimum atomic E-state index is -3.31. The molecule has 1 aliphatic heterocycles. The van der Waals surface area contributed by atoms with Gasteiger partial charge in [0.05, 0.1) is 23.9 Å². The first kappa shape index (κ1) is 14.3. The first-order valence-electron chi connectivity index (χ1n) is 6.75. The summed E-state index contributed by atoms with van der Waals surface area (Å²) in [5.41, 5.74) is 1.66. The number of benzene rings is 2. The summed E-state index contributed by atoms with van der Waals surface area (Å²) in [6.45, 7) is 1.18. The molecule has 2 aromatic rings. The van der Waals surface area contributed by atoms with E-state index in [-0.39, 0.29) is 12.0 Å². The maximum atomic E-state index is 12.3. The quantitative estimate of drug-likeness (QED) is 0.871. The third kappa shape index (κ3) is 3.32. The molecule has 0 saturated carbocycles. The number of hydrogen-bond donors (Lipinski definition) is 0. The summed E-state index contributed by atoms with van der Waals surface area (Å²) in [4.78, 5) is 0.344. The van der Waals surface area contributed by atoms with Crippen molar-refractivity contribution in [1.82, 2.24) is 0 Å². The molecule has 0 radical (unpaired) electrons. The minimum absolute atomic E-state index is 0.0102. The zero-order chi connectivity index (χ0) is 14.7. The summed E-state index contributed by atoms with van der Waals surface area (Å²) in [5.74, 6) is -0.0102. The van der Waals surface area contributed by atoms with Gasteiger partial charge in [-0.1, -0.05) is 42.5 Å². The van der Waals surface area contributed by atoms with E-state index >= 15 is 0 Å². The molecule has 5 heteroatoms. The number of hydrogen-bond acceptors (Lipinski definition) is 4. The average Bonchev–Trinajstić information content (AvgIpc) is 3.03. The molecule has 4 nitrogen and oxygen atoms in total. The summed E-state index contributed by atoms with van der Waals surface area (Å²) >= 11 is 0. The fourth-order valence-corrected chi connectivity index (χ4v) is 3.62. The number of ether oxygens (including phenoxy) is 2. The summed E-state index contributed by atoms with van der Waals surface area (Å²) in [7, 11) is -3.31. The lowest BCUT2D eigenvalue weighted by Crippen LogP contribution is -2.05. The molecule has 110 valence electrons. The van der Waals surface area contributed by atoms with Crippen molar-refractivity contribution in [2.75, 3.05) is 13.2 Å². The van der Waals surface area contributed by atoms with Crippen molar-refractivity contribution in [2.45, 2.75) is 16.9 Å². The van der Waals surface area contributed by atoms with E-state index < -0.39 is 9.84 Å². The van der Waals surface area contributed by atoms with Gasteiger partial charge >= 0.3 is 0 Å². The zero-order valence-electron chi connectivity index (χ0n) is 11.4. The van der Waals surface area contributed by atoms with Crippen molar-refractivity contribution in [1.29, 1.82) is 0 Å². The van der Waals surface area contributed by atoms with Crippen LogP contribution in [0.2, 0.25) is 0 Å². The van der Waals surface area contributed by atoms with Crippen LogP contribution in [-0.4, -0.2) is 21.6 Å². The van der Waals surface area contributed by atoms with E-state index in [1.807, 2.05) is 12.1 Å². The van der Waals surface area contributed by atoms with E-state index in [1.54, 1.807) is 42.5 Å². The lowest BCUT2D eigenvalue weighted by Gasteiger charge is -2.10. The minimum Gasteiger partial charge on any atom is -0.346 e. The number of sulfone groups is 1. The molecule has 1 aliphatic rings. The molecule has 0 unspecified atom stereocenters. The van der Waals surface area contributed by atoms with E-state index in [4.69, 9.17) is 9.47 Å². The van der Waals surface area contributed by atoms with Gasteiger partial charge in [-0.05, 0) is 17.7 Å². The molecule has 2 aromatic carbocycles. The molecule has 21 heavy (non-hydrogen) atoms. The highest BCUT2D eigenvalue weighted by Gasteiger charge is 2.19. The molecule has 3 rings (SSSR count). The Labute approximate surface area is 124 Å². The molecule has 0 N–H and O–H groups in total. The second kappa shape index (κ2) is 5.97. The van der Waals surface area contributed by atoms with Crippen LogP contribution in [0.3, 0.4) is 0 Å². The van der Waals surface area contributed by atoms with E-state index in [9.17, 15) is 8.42 Å². The molecule has 1 saturated heterocycles. The normalized spacial score (nSPS) is 16.2. The highest BCUT2D eigenvalue weighted by atomic mass is 32.2. The van der Waals surface area contributed by atoms with Gasteiger partial charge in [0.25, 0.3) is 0 Å². The van der Waals surface area contributed by atoms with E-state index in [0.29, 0.717) is 18.1 Å². The van der Waals surface area contributed by atoms with Crippen LogP contribution in [-0.2, 0) is 25.1 Å². The van der Waals surface area contributed by atoms with Crippen LogP contribution in [0.5, 0.6) is 0 Å². The van der Waals surface area contributed by atoms with Crippen LogP contribution in [0.15, 0.2) is 59.5 Å². The smallest absolute Gasteiger partial charge is 0.184 e. The monoisotopic (exact) mass is 304 g/mol. The molecule has 0 spiro atoms. The van der Waals surface area contributed by atoms with Gasteiger partial charge in [0, 0.05) is 5.56 Å². The highest BCUT2D eigenvalue weighted by Crippen LogP contribution is 2.24. The van der Waals surface area contributed by atoms with Crippen LogP contribution in [0, 0.1) is 0 Å². The Morgan fingerprint density at radius 1 is 0.905 bits per heavy atom. The second-order valence-electron chi connectivity index (χ2n) is 4.89. The molecule has 0 aromatic heterocycles. The predicted molar refractivity (Wildman–Crippen MR) is 78.4 cm³/mol. The summed E-state index contributed by atoms with van der Waals surface area (Å²) in [6, 6.07) is 15.8. The Hall–Kier alpha value is -1.69. The lowest BCUT2D eigenvalue weighted by atomic mass is 10.1. The van der Waals surface area contributed by atoms with Crippen molar-refractivity contribution in [3.8, 4) is 0 Å². The van der Waals surface area contributed by atoms with Crippen LogP contribution in [0.1, 0.15) is 17.4 Å². The van der Waals surface area contributed by atoms with E-state index in [0.717, 1.165) is 11.1 Å². The maximum Gasteiger partial charge on any atom is 0.184 e. The SMILES string of the molecule is O=S(=O)(Cc1ccc(C2OCCO2)cc1)c1ccccc1. The number of rotatable bonds is 4. The summed E-state index contributed by atoms with van der Waals surface area (Å²) in [5, 5.41) is 0. The second-order valence-corrected chi connectivity index (χ2v) is 6.88. The molecule has 0 bridgehead atoms. The topological polar surface area (TPSA) is 52.6 Å². The molecular formula is C16H16O4S. The van der Waals surface area contributed by atoms with Gasteiger partial charge in [-0.2, -0.15) is 0 Å². The van der Waals surface area contributed by atoms with Crippen molar-refractivity contribution in [3.05, 3.63) is 65.7 Å². The van der Waals surface area contributed by atoms with Gasteiger partial charge in [-0.15, -0.1) is 0 Å². The lowest BCUT2D eigenvalue weighted by molar-refractivity contribution is -0.0441. The van der Waals surface area contributed by atoms with Crippen LogP contribution in [0.25, 0.3) is 0 Å². The Morgan fingerprint density at radius 2 is 1.52 bits per heavy atom. The van der Waals surface area contributed by atoms with Gasteiger partial charge in [0.2, 0.25) is 0 Å². The first-order chi connectivity index (χ1) is 10.1. The molecule has 0 atom stereocenters. The Balaban J connectivity index is 1.76. The Morgan fingerprint density at radius 3 is 2.14 bits per heavy atom. The van der Waals surface area contributed by atoms with Crippen LogP contribution >= 0.6 is 0 Å². The zero-order valence-corrected chi connectivity index (χ0v) is 12.3. The third-order valence-electron chi connectivity index (χ3n) is 3.33. The van der Waals surface area contributed by atoms with Crippen LogP contribution < -0.4 is 0 Å². The van der Waals surface area contributed by atoms with E-state index in [2.05, 4.69) is 0 Å². The van der Waals surface area contributed by atoms with Crippen molar-refractivity contribution in [2.24, 2.45) is 0 Å². The van der Waals surface area contributed by atoms with E-state index in [1.165, 1.54) is 0 Å². The average molecular weight is 304 g/mol. The van der Waals surface area contributed by atoms with Gasteiger partial charge in [0.15, 0.2) is 16.1 Å². The molecule has 1 fully saturated rings. The summed E-state index contributed by atoms with van der Waals surface area (Å²) < 4.78 is 35.4. The summed E-state index contributed by atoms with van der Waals surface area (Å²) in [6.07, 6.45) is -0.329. The van der Waals surface area contributed by atoms with Gasteiger partial charge in [0.1, 0.15) is 0 Å². The fraction of sp³-hybridized carbons (Fsp3) is 0.250. The van der Waals surface area contributed by atoms with Gasteiger partial charge in [-0.25, -0.2) is 8.42 Å². The van der Waals surface area contributed by atoms with Crippen LogP contribution in [0.4, 0.5) is 0 Å². The van der Waals surface area contributed by atoms with Crippen molar-refractivity contribution < 1.29 is 17.9 Å². The van der Waals surface area contributed by atoms with Crippen molar-refractivity contribution in [3.63, 3.8) is 0 Å². The first-order valence-corrected chi connectivity index (χ1v) is 8.40.